The molecule has 1 aliphatic carbocycles. The largest absolute Gasteiger partial charge is 0.384 e. The minimum absolute atomic E-state index is 0.160. The molecule has 0 aromatic heterocycles. The summed E-state index contributed by atoms with van der Waals surface area (Å²) in [5.74, 6) is 2.09. The first-order valence-electron chi connectivity index (χ1n) is 6.70. The fraction of sp³-hybridized carbons (Fsp3) is 0.533. The molecule has 1 aliphatic rings. The van der Waals surface area contributed by atoms with Crippen molar-refractivity contribution < 1.29 is 0 Å². The Morgan fingerprint density at radius 1 is 1.44 bits per heavy atom. The molecule has 2 nitrogen and oxygen atoms in total. The third-order valence-electron chi connectivity index (χ3n) is 3.61. The van der Waals surface area contributed by atoms with Gasteiger partial charge in [0.25, 0.3) is 0 Å². The standard InChI is InChI=1S/C15H22N2S/c1-11-4-2-7-14(8-11)18-10-12-5-3-6-13(9-12)15(16)17/h3,5-6,9,11,14H,2,4,7-8,10H2,1H3,(H3,16,17). The van der Waals surface area contributed by atoms with Crippen LogP contribution in [0.4, 0.5) is 0 Å². The van der Waals surface area contributed by atoms with Gasteiger partial charge in [-0.1, -0.05) is 38.0 Å². The summed E-state index contributed by atoms with van der Waals surface area (Å²) in [7, 11) is 0. The first-order valence-corrected chi connectivity index (χ1v) is 7.75. The van der Waals surface area contributed by atoms with Crippen molar-refractivity contribution in [1.29, 1.82) is 5.41 Å². The van der Waals surface area contributed by atoms with Gasteiger partial charge in [0.05, 0.1) is 0 Å². The molecule has 0 spiro atoms. The minimum Gasteiger partial charge on any atom is -0.384 e. The van der Waals surface area contributed by atoms with Crippen LogP contribution in [0, 0.1) is 11.3 Å². The topological polar surface area (TPSA) is 49.9 Å². The van der Waals surface area contributed by atoms with Crippen LogP contribution < -0.4 is 5.73 Å². The van der Waals surface area contributed by atoms with Crippen molar-refractivity contribution in [2.75, 3.05) is 0 Å². The molecule has 0 aliphatic heterocycles. The quantitative estimate of drug-likeness (QED) is 0.641. The molecule has 1 aromatic carbocycles. The predicted molar refractivity (Wildman–Crippen MR) is 80.2 cm³/mol. The maximum absolute atomic E-state index is 7.46. The summed E-state index contributed by atoms with van der Waals surface area (Å²) in [6.45, 7) is 2.36. The van der Waals surface area contributed by atoms with E-state index in [1.54, 1.807) is 0 Å². The number of hydrogen-bond donors (Lipinski definition) is 2. The molecule has 18 heavy (non-hydrogen) atoms. The zero-order chi connectivity index (χ0) is 13.0. The molecule has 1 saturated carbocycles. The van der Waals surface area contributed by atoms with E-state index in [0.29, 0.717) is 0 Å². The van der Waals surface area contributed by atoms with Crippen molar-refractivity contribution in [3.05, 3.63) is 35.4 Å². The first-order chi connectivity index (χ1) is 8.65. The Balaban J connectivity index is 1.89. The van der Waals surface area contributed by atoms with Gasteiger partial charge >= 0.3 is 0 Å². The Hall–Kier alpha value is -0.960. The monoisotopic (exact) mass is 262 g/mol. The van der Waals surface area contributed by atoms with E-state index in [1.165, 1.54) is 31.2 Å². The smallest absolute Gasteiger partial charge is 0.122 e. The van der Waals surface area contributed by atoms with Gasteiger partial charge in [0.2, 0.25) is 0 Å². The van der Waals surface area contributed by atoms with Crippen LogP contribution in [-0.2, 0) is 5.75 Å². The van der Waals surface area contributed by atoms with Crippen LogP contribution in [0.2, 0.25) is 0 Å². The summed E-state index contributed by atoms with van der Waals surface area (Å²) < 4.78 is 0. The number of nitrogens with one attached hydrogen (secondary N) is 1. The minimum atomic E-state index is 0.160. The van der Waals surface area contributed by atoms with Crippen LogP contribution in [0.5, 0.6) is 0 Å². The summed E-state index contributed by atoms with van der Waals surface area (Å²) >= 11 is 2.06. The van der Waals surface area contributed by atoms with Crippen LogP contribution in [-0.4, -0.2) is 11.1 Å². The van der Waals surface area contributed by atoms with Gasteiger partial charge in [0, 0.05) is 16.6 Å². The number of rotatable bonds is 4. The van der Waals surface area contributed by atoms with E-state index >= 15 is 0 Å². The zero-order valence-electron chi connectivity index (χ0n) is 11.0. The highest BCUT2D eigenvalue weighted by Crippen LogP contribution is 2.33. The molecule has 0 amide bonds. The second-order valence-corrected chi connectivity index (χ2v) is 6.61. The molecule has 0 radical (unpaired) electrons. The molecule has 3 N–H and O–H groups in total. The van der Waals surface area contributed by atoms with Gasteiger partial charge in [-0.3, -0.25) is 5.41 Å². The zero-order valence-corrected chi connectivity index (χ0v) is 11.8. The van der Waals surface area contributed by atoms with Crippen LogP contribution >= 0.6 is 11.8 Å². The Kier molecular flexibility index (Phi) is 4.70. The lowest BCUT2D eigenvalue weighted by molar-refractivity contribution is 0.394. The molecule has 1 aromatic rings. The average molecular weight is 262 g/mol. The lowest BCUT2D eigenvalue weighted by Crippen LogP contribution is -2.15. The molecule has 0 bridgehead atoms. The Morgan fingerprint density at radius 2 is 2.28 bits per heavy atom. The van der Waals surface area contributed by atoms with Gasteiger partial charge in [-0.15, -0.1) is 0 Å². The van der Waals surface area contributed by atoms with Crippen molar-refractivity contribution in [2.45, 2.75) is 43.6 Å². The Morgan fingerprint density at radius 3 is 3.00 bits per heavy atom. The second-order valence-electron chi connectivity index (χ2n) is 5.32. The number of hydrogen-bond acceptors (Lipinski definition) is 2. The van der Waals surface area contributed by atoms with E-state index in [4.69, 9.17) is 11.1 Å². The van der Waals surface area contributed by atoms with Crippen LogP contribution in [0.25, 0.3) is 0 Å². The highest BCUT2D eigenvalue weighted by molar-refractivity contribution is 7.99. The molecule has 3 heteroatoms. The molecule has 0 saturated heterocycles. The molecule has 0 heterocycles. The maximum Gasteiger partial charge on any atom is 0.122 e. The molecular weight excluding hydrogens is 240 g/mol. The van der Waals surface area contributed by atoms with Crippen LogP contribution in [0.3, 0.4) is 0 Å². The predicted octanol–water partition coefficient (Wildman–Crippen LogP) is 3.78. The molecule has 2 rings (SSSR count). The van der Waals surface area contributed by atoms with Gasteiger partial charge in [0.15, 0.2) is 0 Å². The van der Waals surface area contributed by atoms with Crippen molar-refractivity contribution in [3.63, 3.8) is 0 Å². The molecular formula is C15H22N2S. The van der Waals surface area contributed by atoms with Crippen molar-refractivity contribution in [1.82, 2.24) is 0 Å². The highest BCUT2D eigenvalue weighted by atomic mass is 32.2. The highest BCUT2D eigenvalue weighted by Gasteiger charge is 2.18. The molecule has 2 atom stereocenters. The number of benzene rings is 1. The fourth-order valence-corrected chi connectivity index (χ4v) is 3.98. The van der Waals surface area contributed by atoms with Crippen LogP contribution in [0.15, 0.2) is 24.3 Å². The van der Waals surface area contributed by atoms with Crippen LogP contribution in [0.1, 0.15) is 43.7 Å². The first kappa shape index (κ1) is 13.5. The summed E-state index contributed by atoms with van der Waals surface area (Å²) in [6.07, 6.45) is 5.50. The third kappa shape index (κ3) is 3.77. The van der Waals surface area contributed by atoms with E-state index in [0.717, 1.165) is 22.5 Å². The van der Waals surface area contributed by atoms with Crippen molar-refractivity contribution in [2.24, 2.45) is 11.7 Å². The number of nitrogens with two attached hydrogens (primary N) is 1. The lowest BCUT2D eigenvalue weighted by Gasteiger charge is -2.26. The van der Waals surface area contributed by atoms with E-state index in [1.807, 2.05) is 18.2 Å². The Bertz CT molecular complexity index is 417. The van der Waals surface area contributed by atoms with E-state index in [2.05, 4.69) is 24.8 Å². The summed E-state index contributed by atoms with van der Waals surface area (Å²) in [5, 5.41) is 8.27. The number of thioether (sulfide) groups is 1. The van der Waals surface area contributed by atoms with Gasteiger partial charge in [0.1, 0.15) is 5.84 Å². The van der Waals surface area contributed by atoms with Gasteiger partial charge < -0.3 is 5.73 Å². The van der Waals surface area contributed by atoms with E-state index < -0.39 is 0 Å². The molecule has 98 valence electrons. The fourth-order valence-electron chi connectivity index (χ4n) is 2.57. The van der Waals surface area contributed by atoms with Crippen molar-refractivity contribution >= 4 is 17.6 Å². The molecule has 2 unspecified atom stereocenters. The summed E-state index contributed by atoms with van der Waals surface area (Å²) in [6, 6.07) is 8.07. The summed E-state index contributed by atoms with van der Waals surface area (Å²) in [4.78, 5) is 0. The number of nitrogen functional groups attached to an aromatic ring is 1. The summed E-state index contributed by atoms with van der Waals surface area (Å²) in [5.41, 5.74) is 7.64. The van der Waals surface area contributed by atoms with Gasteiger partial charge in [-0.25, -0.2) is 0 Å². The number of amidine groups is 1. The third-order valence-corrected chi connectivity index (χ3v) is 5.01. The van der Waals surface area contributed by atoms with Gasteiger partial charge in [-0.05, 0) is 30.4 Å². The maximum atomic E-state index is 7.46. The van der Waals surface area contributed by atoms with E-state index in [-0.39, 0.29) is 5.84 Å². The normalized spacial score (nSPS) is 23.8. The Labute approximate surface area is 114 Å². The van der Waals surface area contributed by atoms with E-state index in [9.17, 15) is 0 Å². The average Bonchev–Trinajstić information content (AvgIpc) is 2.37. The second kappa shape index (κ2) is 6.28. The SMILES string of the molecule is CC1CCCC(SCc2cccc(C(=N)N)c2)C1. The molecule has 1 fully saturated rings. The lowest BCUT2D eigenvalue weighted by atomic mass is 9.91. The van der Waals surface area contributed by atoms with Crippen molar-refractivity contribution in [3.8, 4) is 0 Å². The van der Waals surface area contributed by atoms with Gasteiger partial charge in [-0.2, -0.15) is 11.8 Å².